The van der Waals surface area contributed by atoms with Crippen LogP contribution in [-0.4, -0.2) is 11.1 Å². The Morgan fingerprint density at radius 1 is 1.16 bits per heavy atom. The Kier molecular flexibility index (Phi) is 3.97. The van der Waals surface area contributed by atoms with Gasteiger partial charge in [0.2, 0.25) is 0 Å². The molecule has 2 aromatic carbocycles. The number of halogens is 2. The summed E-state index contributed by atoms with van der Waals surface area (Å²) in [6.07, 6.45) is 0. The number of aromatic carboxylic acids is 1. The fourth-order valence-electron chi connectivity index (χ4n) is 1.95. The number of aryl methyl sites for hydroxylation is 2. The second-order valence-electron chi connectivity index (χ2n) is 4.42. The maximum atomic E-state index is 11.2. The highest BCUT2D eigenvalue weighted by molar-refractivity contribution is 9.10. The summed E-state index contributed by atoms with van der Waals surface area (Å²) in [5.74, 6) is -0.947. The van der Waals surface area contributed by atoms with E-state index in [9.17, 15) is 4.79 Å². The first kappa shape index (κ1) is 14.1. The second-order valence-corrected chi connectivity index (χ2v) is 5.68. The number of hydrogen-bond acceptors (Lipinski definition) is 1. The Balaban J connectivity index is 2.63. The average Bonchev–Trinajstić information content (AvgIpc) is 2.34. The van der Waals surface area contributed by atoms with Crippen LogP contribution in [0.5, 0.6) is 0 Å². The third-order valence-corrected chi connectivity index (χ3v) is 4.11. The molecule has 0 fully saturated rings. The average molecular weight is 340 g/mol. The van der Waals surface area contributed by atoms with Crippen LogP contribution < -0.4 is 0 Å². The molecule has 0 aliphatic carbocycles. The zero-order valence-corrected chi connectivity index (χ0v) is 12.8. The fourth-order valence-corrected chi connectivity index (χ4v) is 2.58. The highest BCUT2D eigenvalue weighted by atomic mass is 79.9. The lowest BCUT2D eigenvalue weighted by Crippen LogP contribution is -1.98. The summed E-state index contributed by atoms with van der Waals surface area (Å²) in [5.41, 5.74) is 4.12. The number of hydrogen-bond donors (Lipinski definition) is 1. The van der Waals surface area contributed by atoms with E-state index in [0.717, 1.165) is 27.3 Å². The van der Waals surface area contributed by atoms with Crippen molar-refractivity contribution in [1.82, 2.24) is 0 Å². The van der Waals surface area contributed by atoms with Crippen molar-refractivity contribution in [1.29, 1.82) is 0 Å². The van der Waals surface area contributed by atoms with Gasteiger partial charge in [0.05, 0.1) is 5.56 Å². The predicted molar refractivity (Wildman–Crippen MR) is 81.0 cm³/mol. The van der Waals surface area contributed by atoms with Gasteiger partial charge in [0.15, 0.2) is 0 Å². The van der Waals surface area contributed by atoms with Gasteiger partial charge < -0.3 is 5.11 Å². The van der Waals surface area contributed by atoms with Crippen molar-refractivity contribution >= 4 is 33.5 Å². The molecule has 2 rings (SSSR count). The maximum absolute atomic E-state index is 11.2. The van der Waals surface area contributed by atoms with Crippen molar-refractivity contribution in [2.24, 2.45) is 0 Å². The lowest BCUT2D eigenvalue weighted by molar-refractivity contribution is 0.0696. The lowest BCUT2D eigenvalue weighted by atomic mass is 9.97. The molecule has 19 heavy (non-hydrogen) atoms. The molecule has 0 amide bonds. The van der Waals surface area contributed by atoms with Crippen molar-refractivity contribution in [3.05, 3.63) is 56.5 Å². The Labute approximate surface area is 125 Å². The van der Waals surface area contributed by atoms with Gasteiger partial charge in [0.1, 0.15) is 0 Å². The molecule has 1 N–H and O–H groups in total. The van der Waals surface area contributed by atoms with Crippen LogP contribution in [-0.2, 0) is 0 Å². The van der Waals surface area contributed by atoms with Crippen LogP contribution in [0.4, 0.5) is 0 Å². The second kappa shape index (κ2) is 5.35. The van der Waals surface area contributed by atoms with Crippen LogP contribution in [0, 0.1) is 13.8 Å². The summed E-state index contributed by atoms with van der Waals surface area (Å²) >= 11 is 9.32. The van der Waals surface area contributed by atoms with Crippen LogP contribution in [0.1, 0.15) is 21.5 Å². The molecule has 0 unspecified atom stereocenters. The maximum Gasteiger partial charge on any atom is 0.336 e. The molecule has 0 aromatic heterocycles. The van der Waals surface area contributed by atoms with Gasteiger partial charge in [-0.05, 0) is 76.3 Å². The molecule has 0 radical (unpaired) electrons. The van der Waals surface area contributed by atoms with Gasteiger partial charge in [0.25, 0.3) is 0 Å². The minimum Gasteiger partial charge on any atom is -0.478 e. The molecule has 0 spiro atoms. The molecule has 0 atom stereocenters. The zero-order valence-electron chi connectivity index (χ0n) is 10.5. The van der Waals surface area contributed by atoms with Crippen LogP contribution in [0.3, 0.4) is 0 Å². The predicted octanol–water partition coefficient (Wildman–Crippen LogP) is 5.08. The number of benzene rings is 2. The Bertz CT molecular complexity index is 665. The van der Waals surface area contributed by atoms with E-state index in [-0.39, 0.29) is 5.56 Å². The fraction of sp³-hybridized carbons (Fsp3) is 0.133. The van der Waals surface area contributed by atoms with E-state index in [2.05, 4.69) is 15.9 Å². The first-order valence-corrected chi connectivity index (χ1v) is 6.87. The molecule has 4 heteroatoms. The molecule has 98 valence electrons. The summed E-state index contributed by atoms with van der Waals surface area (Å²) in [4.78, 5) is 11.2. The minimum atomic E-state index is -0.947. The molecule has 0 saturated heterocycles. The number of carboxylic acid groups (broad SMARTS) is 1. The van der Waals surface area contributed by atoms with Gasteiger partial charge >= 0.3 is 5.97 Å². The van der Waals surface area contributed by atoms with Crippen LogP contribution in [0.2, 0.25) is 5.02 Å². The molecule has 0 saturated carbocycles. The van der Waals surface area contributed by atoms with Crippen LogP contribution >= 0.6 is 27.5 Å². The summed E-state index contributed by atoms with van der Waals surface area (Å²) in [6.45, 7) is 3.89. The Hall–Kier alpha value is -1.32. The first-order chi connectivity index (χ1) is 8.90. The van der Waals surface area contributed by atoms with Crippen molar-refractivity contribution in [3.8, 4) is 11.1 Å². The van der Waals surface area contributed by atoms with E-state index in [4.69, 9.17) is 16.7 Å². The zero-order chi connectivity index (χ0) is 14.2. The number of carbonyl (C=O) groups is 1. The largest absolute Gasteiger partial charge is 0.478 e. The minimum absolute atomic E-state index is 0.254. The normalized spacial score (nSPS) is 10.5. The molecule has 0 aliphatic rings. The van der Waals surface area contributed by atoms with Crippen LogP contribution in [0.25, 0.3) is 11.1 Å². The quantitative estimate of drug-likeness (QED) is 0.828. The van der Waals surface area contributed by atoms with Crippen LogP contribution in [0.15, 0.2) is 34.8 Å². The first-order valence-electron chi connectivity index (χ1n) is 5.70. The van der Waals surface area contributed by atoms with Gasteiger partial charge in [-0.2, -0.15) is 0 Å². The van der Waals surface area contributed by atoms with Crippen molar-refractivity contribution in [2.75, 3.05) is 0 Å². The molecule has 0 aliphatic heterocycles. The monoisotopic (exact) mass is 338 g/mol. The van der Waals surface area contributed by atoms with E-state index in [0.29, 0.717) is 4.47 Å². The molecule has 2 nitrogen and oxygen atoms in total. The SMILES string of the molecule is Cc1cc(-c2ccc(Br)c(C(=O)O)c2)c(C)cc1Cl. The summed E-state index contributed by atoms with van der Waals surface area (Å²) < 4.78 is 0.576. The smallest absolute Gasteiger partial charge is 0.336 e. The van der Waals surface area contributed by atoms with Gasteiger partial charge in [-0.3, -0.25) is 0 Å². The summed E-state index contributed by atoms with van der Waals surface area (Å²) in [6, 6.07) is 9.19. The van der Waals surface area contributed by atoms with Gasteiger partial charge in [-0.25, -0.2) is 4.79 Å². The van der Waals surface area contributed by atoms with E-state index in [1.54, 1.807) is 12.1 Å². The Morgan fingerprint density at radius 2 is 1.84 bits per heavy atom. The lowest BCUT2D eigenvalue weighted by Gasteiger charge is -2.10. The molecule has 0 bridgehead atoms. The van der Waals surface area contributed by atoms with Crippen molar-refractivity contribution in [3.63, 3.8) is 0 Å². The summed E-state index contributed by atoms with van der Waals surface area (Å²) in [7, 11) is 0. The summed E-state index contributed by atoms with van der Waals surface area (Å²) in [5, 5.41) is 9.87. The molecular formula is C15H12BrClO2. The third kappa shape index (κ3) is 2.82. The van der Waals surface area contributed by atoms with Crippen molar-refractivity contribution in [2.45, 2.75) is 13.8 Å². The standard InChI is InChI=1S/C15H12BrClO2/c1-8-6-14(17)9(2)5-11(8)10-3-4-13(16)12(7-10)15(18)19/h3-7H,1-2H3,(H,18,19). The molecule has 0 heterocycles. The molecular weight excluding hydrogens is 328 g/mol. The van der Waals surface area contributed by atoms with E-state index >= 15 is 0 Å². The van der Waals surface area contributed by atoms with Crippen molar-refractivity contribution < 1.29 is 9.90 Å². The van der Waals surface area contributed by atoms with Gasteiger partial charge in [-0.1, -0.05) is 17.7 Å². The number of carboxylic acids is 1. The number of rotatable bonds is 2. The highest BCUT2D eigenvalue weighted by Crippen LogP contribution is 2.31. The molecule has 2 aromatic rings. The van der Waals surface area contributed by atoms with E-state index < -0.39 is 5.97 Å². The third-order valence-electron chi connectivity index (χ3n) is 3.01. The Morgan fingerprint density at radius 3 is 2.47 bits per heavy atom. The van der Waals surface area contributed by atoms with E-state index in [1.165, 1.54) is 0 Å². The van der Waals surface area contributed by atoms with Gasteiger partial charge in [-0.15, -0.1) is 0 Å². The topological polar surface area (TPSA) is 37.3 Å². The highest BCUT2D eigenvalue weighted by Gasteiger charge is 2.12. The van der Waals surface area contributed by atoms with E-state index in [1.807, 2.05) is 32.0 Å². The van der Waals surface area contributed by atoms with Gasteiger partial charge in [0, 0.05) is 9.50 Å².